The van der Waals surface area contributed by atoms with Crippen molar-refractivity contribution in [2.75, 3.05) is 0 Å². The van der Waals surface area contributed by atoms with Crippen LogP contribution < -0.4 is 0 Å². The molecule has 0 spiro atoms. The van der Waals surface area contributed by atoms with E-state index in [-0.39, 0.29) is 0 Å². The Hall–Kier alpha value is -8.20. The normalized spacial score (nSPS) is 12.2. The van der Waals surface area contributed by atoms with Gasteiger partial charge in [0.05, 0.1) is 22.1 Å². The van der Waals surface area contributed by atoms with Crippen molar-refractivity contribution in [3.63, 3.8) is 0 Å². The summed E-state index contributed by atoms with van der Waals surface area (Å²) in [5.74, 6) is 0. The molecule has 0 fully saturated rings. The van der Waals surface area contributed by atoms with Crippen LogP contribution >= 0.6 is 0 Å². The van der Waals surface area contributed by atoms with Crippen molar-refractivity contribution in [3.05, 3.63) is 242 Å². The predicted molar refractivity (Wildman–Crippen MR) is 270 cm³/mol. The van der Waals surface area contributed by atoms with Crippen molar-refractivity contribution in [2.45, 2.75) is 12.8 Å². The molecule has 13 rings (SSSR count). The molecular weight excluding hydrogens is 773 g/mol. The van der Waals surface area contributed by atoms with Crippen LogP contribution in [0, 0.1) is 0 Å². The first-order valence-electron chi connectivity index (χ1n) is 22.4. The second-order valence-corrected chi connectivity index (χ2v) is 17.2. The molecule has 2 nitrogen and oxygen atoms in total. The van der Waals surface area contributed by atoms with Gasteiger partial charge < -0.3 is 9.13 Å². The molecule has 1 aliphatic rings. The van der Waals surface area contributed by atoms with Gasteiger partial charge in [-0.1, -0.05) is 158 Å². The summed E-state index contributed by atoms with van der Waals surface area (Å²) < 4.78 is 4.93. The summed E-state index contributed by atoms with van der Waals surface area (Å²) in [6, 6.07) is 85.0. The Labute approximate surface area is 372 Å². The summed E-state index contributed by atoms with van der Waals surface area (Å²) in [5, 5.41) is 5.16. The average molecular weight is 815 g/mol. The molecule has 0 amide bonds. The fourth-order valence-corrected chi connectivity index (χ4v) is 10.4. The van der Waals surface area contributed by atoms with E-state index < -0.39 is 0 Å². The van der Waals surface area contributed by atoms with Crippen LogP contribution in [0.3, 0.4) is 0 Å². The third kappa shape index (κ3) is 5.95. The van der Waals surface area contributed by atoms with Crippen LogP contribution in [0.1, 0.15) is 11.1 Å². The summed E-state index contributed by atoms with van der Waals surface area (Å²) >= 11 is 0. The van der Waals surface area contributed by atoms with E-state index in [1.54, 1.807) is 0 Å². The lowest BCUT2D eigenvalue weighted by Gasteiger charge is -2.21. The first kappa shape index (κ1) is 36.5. The van der Waals surface area contributed by atoms with Crippen molar-refractivity contribution < 1.29 is 0 Å². The summed E-state index contributed by atoms with van der Waals surface area (Å²) in [6.45, 7) is 0. The highest BCUT2D eigenvalue weighted by molar-refractivity contribution is 6.14. The topological polar surface area (TPSA) is 9.86 Å². The number of fused-ring (bicyclic) bond motifs is 9. The molecule has 12 aromatic rings. The van der Waals surface area contributed by atoms with Gasteiger partial charge in [-0.3, -0.25) is 0 Å². The van der Waals surface area contributed by atoms with Crippen LogP contribution in [-0.2, 0) is 12.8 Å². The quantitative estimate of drug-likeness (QED) is 0.158. The Morgan fingerprint density at radius 1 is 0.234 bits per heavy atom. The fourth-order valence-electron chi connectivity index (χ4n) is 10.4. The van der Waals surface area contributed by atoms with Crippen molar-refractivity contribution in [1.29, 1.82) is 0 Å². The Balaban J connectivity index is 0.974. The molecule has 0 radical (unpaired) electrons. The standard InChI is InChI=1S/C62H42N2/c1-5-13-41(14-6-1)43-21-25-45(26-22-43)47-31-33-59-55(35-47)57-37-49-29-30-50-38-58-56-36-48(46-27-23-44(24-28-46)42-15-7-2-8-16-42)32-34-60(56)64(52-19-11-4-12-20-52)62(58)40-54(50)53(49)39-61(57)63(59)51-17-9-3-10-18-51/h1-28,31-40H,29-30H2. The summed E-state index contributed by atoms with van der Waals surface area (Å²) in [5.41, 5.74) is 22.6. The second kappa shape index (κ2) is 14.7. The van der Waals surface area contributed by atoms with E-state index in [4.69, 9.17) is 0 Å². The van der Waals surface area contributed by atoms with Gasteiger partial charge in [0.1, 0.15) is 0 Å². The third-order valence-corrected chi connectivity index (χ3v) is 13.6. The van der Waals surface area contributed by atoms with Gasteiger partial charge in [0.2, 0.25) is 0 Å². The maximum Gasteiger partial charge on any atom is 0.0547 e. The molecule has 2 heteroatoms. The van der Waals surface area contributed by atoms with E-state index in [0.29, 0.717) is 0 Å². The van der Waals surface area contributed by atoms with Gasteiger partial charge >= 0.3 is 0 Å². The van der Waals surface area contributed by atoms with Gasteiger partial charge in [0.25, 0.3) is 0 Å². The highest BCUT2D eigenvalue weighted by Crippen LogP contribution is 2.45. The first-order valence-corrected chi connectivity index (χ1v) is 22.4. The number of hydrogen-bond donors (Lipinski definition) is 0. The van der Waals surface area contributed by atoms with Crippen LogP contribution in [0.15, 0.2) is 231 Å². The van der Waals surface area contributed by atoms with Gasteiger partial charge in [-0.15, -0.1) is 0 Å². The minimum absolute atomic E-state index is 0.999. The molecule has 300 valence electrons. The number of rotatable bonds is 6. The Morgan fingerprint density at radius 3 is 0.906 bits per heavy atom. The van der Waals surface area contributed by atoms with E-state index in [1.807, 2.05) is 0 Å². The first-order chi connectivity index (χ1) is 31.7. The Bertz CT molecular complexity index is 3460. The van der Waals surface area contributed by atoms with Gasteiger partial charge in [-0.05, 0) is 152 Å². The van der Waals surface area contributed by atoms with E-state index in [0.717, 1.165) is 12.8 Å². The van der Waals surface area contributed by atoms with E-state index in [1.165, 1.54) is 122 Å². The maximum atomic E-state index is 2.50. The lowest BCUT2D eigenvalue weighted by molar-refractivity contribution is 0.946. The van der Waals surface area contributed by atoms with Crippen LogP contribution in [0.5, 0.6) is 0 Å². The van der Waals surface area contributed by atoms with Crippen LogP contribution in [0.2, 0.25) is 0 Å². The SMILES string of the molecule is c1ccc(-c2ccc(-c3ccc4c(c3)c3cc5c(cc3n4-c3ccccc3)-c3cc4c(cc3CC5)c3cc(-c5ccc(-c6ccccc6)cc5)ccc3n4-c3ccccc3)cc2)cc1. The van der Waals surface area contributed by atoms with E-state index in [2.05, 4.69) is 240 Å². The minimum atomic E-state index is 0.999. The minimum Gasteiger partial charge on any atom is -0.309 e. The Morgan fingerprint density at radius 2 is 0.531 bits per heavy atom. The zero-order valence-corrected chi connectivity index (χ0v) is 35.2. The van der Waals surface area contributed by atoms with Crippen LogP contribution in [0.25, 0.3) is 111 Å². The van der Waals surface area contributed by atoms with E-state index >= 15 is 0 Å². The summed E-state index contributed by atoms with van der Waals surface area (Å²) in [4.78, 5) is 0. The van der Waals surface area contributed by atoms with Gasteiger partial charge in [-0.2, -0.15) is 0 Å². The number of para-hydroxylation sites is 2. The highest BCUT2D eigenvalue weighted by atomic mass is 15.0. The number of benzene rings is 10. The van der Waals surface area contributed by atoms with E-state index in [9.17, 15) is 0 Å². The van der Waals surface area contributed by atoms with Gasteiger partial charge in [0, 0.05) is 32.9 Å². The summed E-state index contributed by atoms with van der Waals surface area (Å²) in [7, 11) is 0. The van der Waals surface area contributed by atoms with Gasteiger partial charge in [0.15, 0.2) is 0 Å². The van der Waals surface area contributed by atoms with Gasteiger partial charge in [-0.25, -0.2) is 0 Å². The smallest absolute Gasteiger partial charge is 0.0547 e. The van der Waals surface area contributed by atoms with Crippen molar-refractivity contribution in [3.8, 4) is 67.0 Å². The molecule has 10 aromatic carbocycles. The third-order valence-electron chi connectivity index (χ3n) is 13.6. The fraction of sp³-hybridized carbons (Fsp3) is 0.0323. The summed E-state index contributed by atoms with van der Waals surface area (Å²) in [6.07, 6.45) is 2.00. The van der Waals surface area contributed by atoms with Crippen molar-refractivity contribution >= 4 is 43.6 Å². The largest absolute Gasteiger partial charge is 0.309 e. The van der Waals surface area contributed by atoms with Crippen LogP contribution in [0.4, 0.5) is 0 Å². The van der Waals surface area contributed by atoms with Crippen molar-refractivity contribution in [1.82, 2.24) is 9.13 Å². The average Bonchev–Trinajstić information content (AvgIpc) is 3.87. The van der Waals surface area contributed by atoms with Crippen LogP contribution in [-0.4, -0.2) is 9.13 Å². The molecule has 0 aliphatic heterocycles. The molecule has 2 heterocycles. The molecule has 1 aliphatic carbocycles. The second-order valence-electron chi connectivity index (χ2n) is 17.2. The predicted octanol–water partition coefficient (Wildman–Crippen LogP) is 16.3. The maximum absolute atomic E-state index is 2.50. The Kier molecular flexibility index (Phi) is 8.39. The molecule has 0 saturated carbocycles. The highest BCUT2D eigenvalue weighted by Gasteiger charge is 2.24. The molecule has 64 heavy (non-hydrogen) atoms. The molecular formula is C62H42N2. The monoisotopic (exact) mass is 814 g/mol. The number of hydrogen-bond acceptors (Lipinski definition) is 0. The zero-order valence-electron chi connectivity index (χ0n) is 35.2. The lowest BCUT2D eigenvalue weighted by atomic mass is 9.84. The molecule has 0 saturated heterocycles. The lowest BCUT2D eigenvalue weighted by Crippen LogP contribution is -2.05. The van der Waals surface area contributed by atoms with Crippen molar-refractivity contribution in [2.24, 2.45) is 0 Å². The number of aromatic nitrogens is 2. The number of aryl methyl sites for hydroxylation is 2. The molecule has 0 bridgehead atoms. The molecule has 2 aromatic heterocycles. The molecule has 0 N–H and O–H groups in total. The molecule has 0 atom stereocenters. The number of nitrogens with zero attached hydrogens (tertiary/aromatic N) is 2. The zero-order chi connectivity index (χ0) is 42.1. The molecule has 0 unspecified atom stereocenters.